The van der Waals surface area contributed by atoms with Crippen molar-refractivity contribution >= 4 is 5.91 Å². The van der Waals surface area contributed by atoms with Gasteiger partial charge in [0.1, 0.15) is 0 Å². The number of nitrogens with one attached hydrogen (secondary N) is 2. The highest BCUT2D eigenvalue weighted by Crippen LogP contribution is 2.09. The molecule has 0 atom stereocenters. The third kappa shape index (κ3) is 6.40. The Balaban J connectivity index is 2.24. The van der Waals surface area contributed by atoms with Crippen molar-refractivity contribution in [1.82, 2.24) is 10.6 Å². The predicted octanol–water partition coefficient (Wildman–Crippen LogP) is 2.11. The van der Waals surface area contributed by atoms with E-state index >= 15 is 0 Å². The fourth-order valence-electron chi connectivity index (χ4n) is 1.82. The number of amides is 1. The van der Waals surface area contributed by atoms with Crippen LogP contribution in [-0.4, -0.2) is 19.0 Å². The Kier molecular flexibility index (Phi) is 6.44. The van der Waals surface area contributed by atoms with Crippen molar-refractivity contribution < 1.29 is 4.79 Å². The molecule has 2 N–H and O–H groups in total. The molecule has 0 saturated carbocycles. The standard InChI is InChI=1S/C15H24N2O/c1-12(2)10-14-4-6-15(7-5-14)11-16-8-9-17-13(3)18/h4-7,12,16H,8-11H2,1-3H3,(H,17,18). The normalized spacial score (nSPS) is 10.7. The predicted molar refractivity (Wildman–Crippen MR) is 75.4 cm³/mol. The topological polar surface area (TPSA) is 41.1 Å². The van der Waals surface area contributed by atoms with Crippen LogP contribution in [0.15, 0.2) is 24.3 Å². The van der Waals surface area contributed by atoms with E-state index in [-0.39, 0.29) is 5.91 Å². The van der Waals surface area contributed by atoms with Gasteiger partial charge in [0.15, 0.2) is 0 Å². The molecule has 0 bridgehead atoms. The van der Waals surface area contributed by atoms with Crippen LogP contribution in [0.4, 0.5) is 0 Å². The molecular formula is C15H24N2O. The molecule has 0 aliphatic heterocycles. The van der Waals surface area contributed by atoms with Crippen molar-refractivity contribution in [3.05, 3.63) is 35.4 Å². The largest absolute Gasteiger partial charge is 0.355 e. The first-order chi connectivity index (χ1) is 8.58. The molecule has 0 aliphatic rings. The molecule has 0 saturated heterocycles. The molecule has 1 aromatic carbocycles. The van der Waals surface area contributed by atoms with Gasteiger partial charge in [0.25, 0.3) is 0 Å². The van der Waals surface area contributed by atoms with Crippen molar-refractivity contribution in [1.29, 1.82) is 0 Å². The summed E-state index contributed by atoms with van der Waals surface area (Å²) in [6, 6.07) is 8.74. The highest BCUT2D eigenvalue weighted by Gasteiger charge is 1.98. The number of benzene rings is 1. The van der Waals surface area contributed by atoms with Gasteiger partial charge in [0, 0.05) is 26.6 Å². The lowest BCUT2D eigenvalue weighted by atomic mass is 10.0. The third-order valence-electron chi connectivity index (χ3n) is 2.67. The van der Waals surface area contributed by atoms with Crippen molar-refractivity contribution in [3.8, 4) is 0 Å². The van der Waals surface area contributed by atoms with E-state index in [0.717, 1.165) is 19.5 Å². The Labute approximate surface area is 110 Å². The Bertz CT molecular complexity index is 357. The monoisotopic (exact) mass is 248 g/mol. The number of rotatable bonds is 7. The molecule has 0 unspecified atom stereocenters. The van der Waals surface area contributed by atoms with E-state index in [2.05, 4.69) is 48.7 Å². The SMILES string of the molecule is CC(=O)NCCNCc1ccc(CC(C)C)cc1. The molecule has 0 aliphatic carbocycles. The van der Waals surface area contributed by atoms with Crippen LogP contribution in [0.1, 0.15) is 31.9 Å². The highest BCUT2D eigenvalue weighted by atomic mass is 16.1. The first-order valence-corrected chi connectivity index (χ1v) is 6.61. The lowest BCUT2D eigenvalue weighted by molar-refractivity contribution is -0.118. The lowest BCUT2D eigenvalue weighted by Gasteiger charge is -2.08. The first-order valence-electron chi connectivity index (χ1n) is 6.61. The summed E-state index contributed by atoms with van der Waals surface area (Å²) in [4.78, 5) is 10.7. The minimum Gasteiger partial charge on any atom is -0.355 e. The van der Waals surface area contributed by atoms with E-state index in [9.17, 15) is 4.79 Å². The molecule has 3 nitrogen and oxygen atoms in total. The van der Waals surface area contributed by atoms with Crippen LogP contribution < -0.4 is 10.6 Å². The molecule has 100 valence electrons. The lowest BCUT2D eigenvalue weighted by Crippen LogP contribution is -2.29. The van der Waals surface area contributed by atoms with Crippen LogP contribution in [0.2, 0.25) is 0 Å². The average Bonchev–Trinajstić information content (AvgIpc) is 2.30. The number of carbonyl (C=O) groups excluding carboxylic acids is 1. The molecule has 0 spiro atoms. The van der Waals surface area contributed by atoms with E-state index in [4.69, 9.17) is 0 Å². The van der Waals surface area contributed by atoms with E-state index in [1.165, 1.54) is 18.1 Å². The summed E-state index contributed by atoms with van der Waals surface area (Å²) in [6.45, 7) is 8.33. The van der Waals surface area contributed by atoms with Gasteiger partial charge in [-0.15, -0.1) is 0 Å². The minimum absolute atomic E-state index is 0.0230. The van der Waals surface area contributed by atoms with Crippen LogP contribution in [0.3, 0.4) is 0 Å². The summed E-state index contributed by atoms with van der Waals surface area (Å²) < 4.78 is 0. The Morgan fingerprint density at radius 2 is 1.72 bits per heavy atom. The van der Waals surface area contributed by atoms with Crippen molar-refractivity contribution in [2.24, 2.45) is 5.92 Å². The molecule has 0 heterocycles. The summed E-state index contributed by atoms with van der Waals surface area (Å²) >= 11 is 0. The Morgan fingerprint density at radius 1 is 1.11 bits per heavy atom. The first kappa shape index (κ1) is 14.7. The third-order valence-corrected chi connectivity index (χ3v) is 2.67. The van der Waals surface area contributed by atoms with Crippen LogP contribution in [0.25, 0.3) is 0 Å². The minimum atomic E-state index is 0.0230. The summed E-state index contributed by atoms with van der Waals surface area (Å²) in [5.41, 5.74) is 2.68. The fourth-order valence-corrected chi connectivity index (χ4v) is 1.82. The second-order valence-electron chi connectivity index (χ2n) is 5.07. The van der Waals surface area contributed by atoms with Gasteiger partial charge in [-0.3, -0.25) is 4.79 Å². The van der Waals surface area contributed by atoms with Crippen LogP contribution in [0.5, 0.6) is 0 Å². The van der Waals surface area contributed by atoms with E-state index in [1.807, 2.05) is 0 Å². The molecule has 1 rings (SSSR count). The van der Waals surface area contributed by atoms with Crippen LogP contribution in [-0.2, 0) is 17.8 Å². The number of carbonyl (C=O) groups is 1. The Hall–Kier alpha value is -1.35. The van der Waals surface area contributed by atoms with E-state index in [1.54, 1.807) is 0 Å². The molecule has 0 radical (unpaired) electrons. The summed E-state index contributed by atoms with van der Waals surface area (Å²) in [6.07, 6.45) is 1.14. The maximum atomic E-state index is 10.7. The molecule has 18 heavy (non-hydrogen) atoms. The number of hydrogen-bond donors (Lipinski definition) is 2. The molecule has 0 fully saturated rings. The zero-order valence-corrected chi connectivity index (χ0v) is 11.6. The van der Waals surface area contributed by atoms with Gasteiger partial charge in [-0.05, 0) is 23.5 Å². The van der Waals surface area contributed by atoms with Gasteiger partial charge in [-0.1, -0.05) is 38.1 Å². The van der Waals surface area contributed by atoms with Gasteiger partial charge >= 0.3 is 0 Å². The second-order valence-corrected chi connectivity index (χ2v) is 5.07. The summed E-state index contributed by atoms with van der Waals surface area (Å²) in [5, 5.41) is 6.06. The van der Waals surface area contributed by atoms with Crippen molar-refractivity contribution in [3.63, 3.8) is 0 Å². The number of hydrogen-bond acceptors (Lipinski definition) is 2. The smallest absolute Gasteiger partial charge is 0.216 e. The summed E-state index contributed by atoms with van der Waals surface area (Å²) in [5.74, 6) is 0.724. The fraction of sp³-hybridized carbons (Fsp3) is 0.533. The van der Waals surface area contributed by atoms with Crippen molar-refractivity contribution in [2.75, 3.05) is 13.1 Å². The zero-order valence-electron chi connectivity index (χ0n) is 11.6. The summed E-state index contributed by atoms with van der Waals surface area (Å²) in [7, 11) is 0. The molecule has 1 amide bonds. The van der Waals surface area contributed by atoms with Gasteiger partial charge in [0.05, 0.1) is 0 Å². The highest BCUT2D eigenvalue weighted by molar-refractivity contribution is 5.72. The van der Waals surface area contributed by atoms with Crippen molar-refractivity contribution in [2.45, 2.75) is 33.7 Å². The maximum Gasteiger partial charge on any atom is 0.216 e. The quantitative estimate of drug-likeness (QED) is 0.726. The van der Waals surface area contributed by atoms with Gasteiger partial charge in [0.2, 0.25) is 5.91 Å². The van der Waals surface area contributed by atoms with Gasteiger partial charge < -0.3 is 10.6 Å². The average molecular weight is 248 g/mol. The molecule has 1 aromatic rings. The zero-order chi connectivity index (χ0) is 13.4. The Morgan fingerprint density at radius 3 is 2.28 bits per heavy atom. The van der Waals surface area contributed by atoms with Gasteiger partial charge in [-0.25, -0.2) is 0 Å². The molecule has 3 heteroatoms. The maximum absolute atomic E-state index is 10.7. The van der Waals surface area contributed by atoms with Crippen LogP contribution in [0, 0.1) is 5.92 Å². The van der Waals surface area contributed by atoms with Crippen LogP contribution >= 0.6 is 0 Å². The molecular weight excluding hydrogens is 224 g/mol. The molecule has 0 aromatic heterocycles. The van der Waals surface area contributed by atoms with Gasteiger partial charge in [-0.2, -0.15) is 0 Å². The van der Waals surface area contributed by atoms with E-state index < -0.39 is 0 Å². The second kappa shape index (κ2) is 7.88. The van der Waals surface area contributed by atoms with E-state index in [0.29, 0.717) is 12.5 Å².